The van der Waals surface area contributed by atoms with Crippen LogP contribution in [-0.4, -0.2) is 5.78 Å². The molecule has 0 bridgehead atoms. The molecule has 0 saturated heterocycles. The topological polar surface area (TPSA) is 17.1 Å². The van der Waals surface area contributed by atoms with Crippen LogP contribution in [0.25, 0.3) is 10.1 Å². The normalized spacial score (nSPS) is 11.0. The van der Waals surface area contributed by atoms with E-state index in [1.807, 2.05) is 0 Å². The van der Waals surface area contributed by atoms with Crippen LogP contribution in [0.15, 0.2) is 42.5 Å². The number of carbonyl (C=O) groups is 1. The van der Waals surface area contributed by atoms with E-state index in [0.717, 1.165) is 4.70 Å². The van der Waals surface area contributed by atoms with Gasteiger partial charge in [0.25, 0.3) is 0 Å². The molecular weight excluding hydrogens is 314 g/mol. The molecule has 0 unspecified atom stereocenters. The molecule has 5 heteroatoms. The number of carbonyl (C=O) groups excluding carboxylic acids is 1. The van der Waals surface area contributed by atoms with E-state index in [4.69, 9.17) is 11.6 Å². The quantitative estimate of drug-likeness (QED) is 0.601. The highest BCUT2D eigenvalue weighted by molar-refractivity contribution is 7.20. The maximum Gasteiger partial charge on any atom is 0.177 e. The van der Waals surface area contributed by atoms with E-state index in [0.29, 0.717) is 15.8 Å². The summed E-state index contributed by atoms with van der Waals surface area (Å²) in [6, 6.07) is 10.4. The summed E-state index contributed by atoms with van der Waals surface area (Å²) in [5.74, 6) is -1.00. The van der Waals surface area contributed by atoms with Gasteiger partial charge in [-0.2, -0.15) is 0 Å². The number of fused-ring (bicyclic) bond motifs is 1. The Labute approximate surface area is 128 Å². The van der Waals surface area contributed by atoms with Crippen molar-refractivity contribution in [1.29, 1.82) is 0 Å². The molecule has 0 amide bonds. The minimum atomic E-state index is -0.541. The lowest BCUT2D eigenvalue weighted by Gasteiger charge is -2.00. The van der Waals surface area contributed by atoms with Crippen LogP contribution in [0.2, 0.25) is 5.02 Å². The second kappa shape index (κ2) is 5.54. The first-order valence-corrected chi connectivity index (χ1v) is 7.38. The van der Waals surface area contributed by atoms with Gasteiger partial charge in [0.2, 0.25) is 0 Å². The molecule has 0 aliphatic carbocycles. The summed E-state index contributed by atoms with van der Waals surface area (Å²) < 4.78 is 27.4. The fraction of sp³-hybridized carbons (Fsp3) is 0.0625. The van der Waals surface area contributed by atoms with Crippen molar-refractivity contribution < 1.29 is 13.6 Å². The summed E-state index contributed by atoms with van der Waals surface area (Å²) in [5, 5.41) is 0.731. The molecule has 1 heterocycles. The summed E-state index contributed by atoms with van der Waals surface area (Å²) in [5.41, 5.74) is 0.561. The number of ketones is 1. The first-order chi connectivity index (χ1) is 10.0. The standard InChI is InChI=1S/C16H9ClF2OS/c17-12-3-1-9(5-13(12)19)6-14(20)16-8-10-7-11(18)2-4-15(10)21-16/h1-5,7-8H,6H2. The van der Waals surface area contributed by atoms with E-state index in [2.05, 4.69) is 0 Å². The van der Waals surface area contributed by atoms with E-state index in [1.54, 1.807) is 18.2 Å². The second-order valence-electron chi connectivity index (χ2n) is 4.64. The number of Topliss-reactive ketones (excluding diaryl/α,β-unsaturated/α-hetero) is 1. The van der Waals surface area contributed by atoms with Crippen molar-refractivity contribution in [3.05, 3.63) is 69.6 Å². The number of benzene rings is 2. The highest BCUT2D eigenvalue weighted by Gasteiger charge is 2.12. The maximum absolute atomic E-state index is 13.4. The SMILES string of the molecule is O=C(Cc1ccc(Cl)c(F)c1)c1cc2cc(F)ccc2s1. The number of thiophene rings is 1. The van der Waals surface area contributed by atoms with Gasteiger partial charge in [-0.1, -0.05) is 17.7 Å². The van der Waals surface area contributed by atoms with E-state index in [-0.39, 0.29) is 23.0 Å². The molecule has 0 aliphatic rings. The van der Waals surface area contributed by atoms with Gasteiger partial charge in [0.1, 0.15) is 11.6 Å². The molecule has 2 aromatic carbocycles. The summed E-state index contributed by atoms with van der Waals surface area (Å²) in [4.78, 5) is 12.8. The molecule has 3 rings (SSSR count). The van der Waals surface area contributed by atoms with Crippen LogP contribution < -0.4 is 0 Å². The fourth-order valence-corrected chi connectivity index (χ4v) is 3.17. The van der Waals surface area contributed by atoms with Crippen molar-refractivity contribution >= 4 is 38.8 Å². The Bertz CT molecular complexity index is 841. The van der Waals surface area contributed by atoms with Gasteiger partial charge >= 0.3 is 0 Å². The zero-order chi connectivity index (χ0) is 15.0. The molecule has 1 aromatic heterocycles. The summed E-state index contributed by atoms with van der Waals surface area (Å²) in [7, 11) is 0. The lowest BCUT2D eigenvalue weighted by molar-refractivity contribution is 0.0997. The molecular formula is C16H9ClF2OS. The van der Waals surface area contributed by atoms with Crippen LogP contribution in [0.4, 0.5) is 8.78 Å². The first-order valence-electron chi connectivity index (χ1n) is 6.19. The van der Waals surface area contributed by atoms with Crippen molar-refractivity contribution in [3.8, 4) is 0 Å². The monoisotopic (exact) mass is 322 g/mol. The van der Waals surface area contributed by atoms with E-state index in [9.17, 15) is 13.6 Å². The Kier molecular flexibility index (Phi) is 3.74. The Morgan fingerprint density at radius 1 is 1.10 bits per heavy atom. The molecule has 0 atom stereocenters. The molecule has 1 nitrogen and oxygen atoms in total. The van der Waals surface area contributed by atoms with Gasteiger partial charge in [0.05, 0.1) is 9.90 Å². The fourth-order valence-electron chi connectivity index (χ4n) is 2.07. The summed E-state index contributed by atoms with van der Waals surface area (Å²) >= 11 is 6.91. The average molecular weight is 323 g/mol. The maximum atomic E-state index is 13.4. The van der Waals surface area contributed by atoms with E-state index < -0.39 is 5.82 Å². The van der Waals surface area contributed by atoms with Gasteiger partial charge in [-0.15, -0.1) is 11.3 Å². The van der Waals surface area contributed by atoms with Crippen molar-refractivity contribution in [2.45, 2.75) is 6.42 Å². The Morgan fingerprint density at radius 2 is 1.90 bits per heavy atom. The van der Waals surface area contributed by atoms with Crippen LogP contribution in [0.1, 0.15) is 15.2 Å². The highest BCUT2D eigenvalue weighted by Crippen LogP contribution is 2.27. The molecule has 0 spiro atoms. The number of hydrogen-bond acceptors (Lipinski definition) is 2. The Hall–Kier alpha value is -1.78. The smallest absolute Gasteiger partial charge is 0.177 e. The van der Waals surface area contributed by atoms with Crippen molar-refractivity contribution in [2.75, 3.05) is 0 Å². The molecule has 0 saturated carbocycles. The van der Waals surface area contributed by atoms with Crippen molar-refractivity contribution in [3.63, 3.8) is 0 Å². The zero-order valence-electron chi connectivity index (χ0n) is 10.7. The Morgan fingerprint density at radius 3 is 2.67 bits per heavy atom. The molecule has 106 valence electrons. The largest absolute Gasteiger partial charge is 0.293 e. The van der Waals surface area contributed by atoms with Crippen LogP contribution >= 0.6 is 22.9 Å². The zero-order valence-corrected chi connectivity index (χ0v) is 12.3. The van der Waals surface area contributed by atoms with Gasteiger partial charge in [0.15, 0.2) is 5.78 Å². The third-order valence-corrected chi connectivity index (χ3v) is 4.57. The lowest BCUT2D eigenvalue weighted by atomic mass is 10.1. The van der Waals surface area contributed by atoms with Crippen molar-refractivity contribution in [2.24, 2.45) is 0 Å². The van der Waals surface area contributed by atoms with Gasteiger partial charge < -0.3 is 0 Å². The molecule has 0 radical (unpaired) electrons. The molecule has 0 aliphatic heterocycles. The van der Waals surface area contributed by atoms with Crippen LogP contribution in [0, 0.1) is 11.6 Å². The number of halogens is 3. The number of hydrogen-bond donors (Lipinski definition) is 0. The van der Waals surface area contributed by atoms with Gasteiger partial charge in [-0.3, -0.25) is 4.79 Å². The van der Waals surface area contributed by atoms with E-state index in [1.165, 1.54) is 35.6 Å². The van der Waals surface area contributed by atoms with Gasteiger partial charge in [-0.05, 0) is 47.3 Å². The number of rotatable bonds is 3. The van der Waals surface area contributed by atoms with Crippen molar-refractivity contribution in [1.82, 2.24) is 0 Å². The molecule has 3 aromatic rings. The van der Waals surface area contributed by atoms with Crippen LogP contribution in [0.5, 0.6) is 0 Å². The van der Waals surface area contributed by atoms with Gasteiger partial charge in [-0.25, -0.2) is 8.78 Å². The first kappa shape index (κ1) is 14.2. The average Bonchev–Trinajstić information content (AvgIpc) is 2.86. The lowest BCUT2D eigenvalue weighted by Crippen LogP contribution is -2.01. The Balaban J connectivity index is 1.87. The second-order valence-corrected chi connectivity index (χ2v) is 6.13. The predicted octanol–water partition coefficient (Wildman–Crippen LogP) is 5.26. The third kappa shape index (κ3) is 2.96. The third-order valence-electron chi connectivity index (χ3n) is 3.10. The molecule has 21 heavy (non-hydrogen) atoms. The highest BCUT2D eigenvalue weighted by atomic mass is 35.5. The summed E-state index contributed by atoms with van der Waals surface area (Å²) in [6.45, 7) is 0. The summed E-state index contributed by atoms with van der Waals surface area (Å²) in [6.07, 6.45) is 0.0867. The van der Waals surface area contributed by atoms with Crippen LogP contribution in [0.3, 0.4) is 0 Å². The van der Waals surface area contributed by atoms with Crippen LogP contribution in [-0.2, 0) is 6.42 Å². The van der Waals surface area contributed by atoms with E-state index >= 15 is 0 Å². The molecule has 0 N–H and O–H groups in total. The van der Waals surface area contributed by atoms with Gasteiger partial charge in [0, 0.05) is 11.1 Å². The minimum absolute atomic E-state index is 0.0311. The minimum Gasteiger partial charge on any atom is -0.293 e. The molecule has 0 fully saturated rings. The predicted molar refractivity (Wildman–Crippen MR) is 81.2 cm³/mol.